The Balaban J connectivity index is 1.25. The van der Waals surface area contributed by atoms with Gasteiger partial charge in [-0.2, -0.15) is 0 Å². The molecule has 0 amide bonds. The van der Waals surface area contributed by atoms with Crippen LogP contribution in [0.25, 0.3) is 11.3 Å². The molecular weight excluding hydrogens is 503 g/mol. The van der Waals surface area contributed by atoms with E-state index in [1.54, 1.807) is 18.2 Å². The highest BCUT2D eigenvalue weighted by atomic mass is 19.1. The summed E-state index contributed by atoms with van der Waals surface area (Å²) in [4.78, 5) is 12.8. The maximum absolute atomic E-state index is 15.2. The van der Waals surface area contributed by atoms with Gasteiger partial charge >= 0.3 is 0 Å². The Bertz CT molecular complexity index is 1340. The fourth-order valence-corrected chi connectivity index (χ4v) is 6.18. The van der Waals surface area contributed by atoms with E-state index in [1.165, 1.54) is 37.8 Å². The maximum Gasteiger partial charge on any atom is 0.227 e. The summed E-state index contributed by atoms with van der Waals surface area (Å²) in [5, 5.41) is 2.99. The van der Waals surface area contributed by atoms with Gasteiger partial charge < -0.3 is 19.9 Å². The van der Waals surface area contributed by atoms with E-state index in [-0.39, 0.29) is 29.1 Å². The normalized spacial score (nSPS) is 18.7. The molecule has 0 radical (unpaired) electrons. The molecule has 0 bridgehead atoms. The van der Waals surface area contributed by atoms with Crippen LogP contribution >= 0.6 is 0 Å². The molecule has 1 aromatic heterocycles. The molecule has 3 aliphatic rings. The fourth-order valence-electron chi connectivity index (χ4n) is 6.18. The molecule has 0 atom stereocenters. The average molecular weight is 538 g/mol. The van der Waals surface area contributed by atoms with E-state index in [2.05, 4.69) is 32.1 Å². The summed E-state index contributed by atoms with van der Waals surface area (Å²) in [6.07, 6.45) is 7.69. The lowest BCUT2D eigenvalue weighted by Crippen LogP contribution is -2.36. The fraction of sp³-hybridized carbons (Fsp3) is 0.467. The van der Waals surface area contributed by atoms with Crippen molar-refractivity contribution in [3.05, 3.63) is 59.5 Å². The minimum atomic E-state index is -0.664. The number of nitrogens with zero attached hydrogens (tertiary/aromatic N) is 4. The van der Waals surface area contributed by atoms with E-state index in [0.29, 0.717) is 41.6 Å². The van der Waals surface area contributed by atoms with Crippen LogP contribution in [-0.2, 0) is 0 Å². The Morgan fingerprint density at radius 1 is 0.949 bits per heavy atom. The predicted octanol–water partition coefficient (Wildman–Crippen LogP) is 6.50. The molecule has 1 saturated carbocycles. The van der Waals surface area contributed by atoms with Crippen LogP contribution in [0.4, 0.5) is 30.5 Å². The number of likely N-dealkylation sites (tertiary alicyclic amines) is 1. The van der Waals surface area contributed by atoms with Gasteiger partial charge in [0.25, 0.3) is 0 Å². The molecule has 6 rings (SSSR count). The van der Waals surface area contributed by atoms with E-state index in [9.17, 15) is 4.39 Å². The van der Waals surface area contributed by atoms with Gasteiger partial charge in [0.15, 0.2) is 17.4 Å². The van der Waals surface area contributed by atoms with E-state index < -0.39 is 11.6 Å². The van der Waals surface area contributed by atoms with Gasteiger partial charge in [-0.3, -0.25) is 0 Å². The largest absolute Gasteiger partial charge is 0.486 e. The summed E-state index contributed by atoms with van der Waals surface area (Å²) in [6, 6.07) is 8.02. The third-order valence-electron chi connectivity index (χ3n) is 8.36. The van der Waals surface area contributed by atoms with Gasteiger partial charge in [-0.05, 0) is 87.5 Å². The molecule has 1 saturated heterocycles. The molecule has 2 aromatic carbocycles. The van der Waals surface area contributed by atoms with Crippen LogP contribution in [0.1, 0.15) is 50.0 Å². The topological polar surface area (TPSA) is 53.5 Å². The van der Waals surface area contributed by atoms with Crippen molar-refractivity contribution >= 4 is 17.3 Å². The first kappa shape index (κ1) is 25.9. The number of halogens is 3. The van der Waals surface area contributed by atoms with Crippen molar-refractivity contribution in [1.29, 1.82) is 0 Å². The van der Waals surface area contributed by atoms with Crippen LogP contribution in [0.3, 0.4) is 0 Å². The Kier molecular flexibility index (Phi) is 7.34. The van der Waals surface area contributed by atoms with Gasteiger partial charge in [0, 0.05) is 17.8 Å². The number of rotatable bonds is 6. The second-order valence-corrected chi connectivity index (χ2v) is 11.1. The van der Waals surface area contributed by atoms with E-state index >= 15 is 8.78 Å². The molecule has 39 heavy (non-hydrogen) atoms. The Morgan fingerprint density at radius 3 is 2.51 bits per heavy atom. The number of fused-ring (bicyclic) bond motifs is 1. The number of benzene rings is 2. The first-order valence-electron chi connectivity index (χ1n) is 13.9. The van der Waals surface area contributed by atoms with Crippen LogP contribution in [0.15, 0.2) is 36.5 Å². The summed E-state index contributed by atoms with van der Waals surface area (Å²) in [5.74, 6) is -0.414. The Morgan fingerprint density at radius 2 is 1.74 bits per heavy atom. The molecule has 206 valence electrons. The molecule has 1 N–H and O–H groups in total. The second-order valence-electron chi connectivity index (χ2n) is 11.1. The summed E-state index contributed by atoms with van der Waals surface area (Å²) in [7, 11) is 2.08. The smallest absolute Gasteiger partial charge is 0.227 e. The lowest BCUT2D eigenvalue weighted by Gasteiger charge is -2.33. The van der Waals surface area contributed by atoms with Crippen molar-refractivity contribution in [2.45, 2.75) is 44.4 Å². The standard InChI is InChI=1S/C30H34F3N5O/c1-37-10-8-20(9-11-37)23-7-6-22(16-24(23)31)35-30-34-17-26(33)28(36-30)21-14-25(32)29-27(15-21)38(12-13-39-29)18-19-4-2-3-5-19/h6-7,14-17,19-20H,2-5,8-13,18H2,1H3,(H,34,35,36). The zero-order valence-corrected chi connectivity index (χ0v) is 22.2. The van der Waals surface area contributed by atoms with Crippen molar-refractivity contribution < 1.29 is 17.9 Å². The molecule has 0 spiro atoms. The van der Waals surface area contributed by atoms with Gasteiger partial charge in [0.1, 0.15) is 18.1 Å². The molecule has 2 fully saturated rings. The van der Waals surface area contributed by atoms with Gasteiger partial charge in [-0.1, -0.05) is 18.9 Å². The van der Waals surface area contributed by atoms with Crippen LogP contribution in [-0.4, -0.2) is 54.7 Å². The van der Waals surface area contributed by atoms with Gasteiger partial charge in [-0.25, -0.2) is 23.1 Å². The molecule has 2 aliphatic heterocycles. The van der Waals surface area contributed by atoms with Gasteiger partial charge in [0.05, 0.1) is 18.4 Å². The van der Waals surface area contributed by atoms with Crippen molar-refractivity contribution in [3.8, 4) is 17.0 Å². The third kappa shape index (κ3) is 5.55. The van der Waals surface area contributed by atoms with Crippen molar-refractivity contribution in [2.75, 3.05) is 50.1 Å². The monoisotopic (exact) mass is 537 g/mol. The molecule has 3 heterocycles. The quantitative estimate of drug-likeness (QED) is 0.387. The number of nitrogens with one attached hydrogen (secondary N) is 1. The maximum atomic E-state index is 15.2. The lowest BCUT2D eigenvalue weighted by molar-refractivity contribution is 0.253. The first-order valence-corrected chi connectivity index (χ1v) is 13.9. The summed E-state index contributed by atoms with van der Waals surface area (Å²) in [6.45, 7) is 3.80. The number of ether oxygens (including phenoxy) is 1. The number of anilines is 3. The van der Waals surface area contributed by atoms with Crippen molar-refractivity contribution in [1.82, 2.24) is 14.9 Å². The molecule has 3 aromatic rings. The third-order valence-corrected chi connectivity index (χ3v) is 8.36. The minimum Gasteiger partial charge on any atom is -0.486 e. The van der Waals surface area contributed by atoms with Gasteiger partial charge in [-0.15, -0.1) is 0 Å². The zero-order valence-electron chi connectivity index (χ0n) is 22.2. The first-order chi connectivity index (χ1) is 18.9. The molecule has 6 nitrogen and oxygen atoms in total. The van der Waals surface area contributed by atoms with E-state index in [1.807, 2.05) is 0 Å². The summed E-state index contributed by atoms with van der Waals surface area (Å²) >= 11 is 0. The number of hydrogen-bond donors (Lipinski definition) is 1. The summed E-state index contributed by atoms with van der Waals surface area (Å²) in [5.41, 5.74) is 2.09. The van der Waals surface area contributed by atoms with Gasteiger partial charge in [0.2, 0.25) is 5.95 Å². The van der Waals surface area contributed by atoms with E-state index in [0.717, 1.165) is 38.7 Å². The Labute approximate surface area is 227 Å². The van der Waals surface area contributed by atoms with Crippen LogP contribution in [0.2, 0.25) is 0 Å². The number of aromatic nitrogens is 2. The predicted molar refractivity (Wildman–Crippen MR) is 146 cm³/mol. The summed E-state index contributed by atoms with van der Waals surface area (Å²) < 4.78 is 50.8. The molecular formula is C30H34F3N5O. The van der Waals surface area contributed by atoms with Crippen LogP contribution < -0.4 is 15.0 Å². The lowest BCUT2D eigenvalue weighted by atomic mass is 9.89. The van der Waals surface area contributed by atoms with Crippen LogP contribution in [0, 0.1) is 23.4 Å². The second kappa shape index (κ2) is 11.0. The number of hydrogen-bond acceptors (Lipinski definition) is 6. The van der Waals surface area contributed by atoms with Crippen molar-refractivity contribution in [3.63, 3.8) is 0 Å². The average Bonchev–Trinajstić information content (AvgIpc) is 3.44. The van der Waals surface area contributed by atoms with Crippen LogP contribution in [0.5, 0.6) is 5.75 Å². The zero-order chi connectivity index (χ0) is 26.9. The SMILES string of the molecule is CN1CCC(c2ccc(Nc3ncc(F)c(-c4cc(F)c5c(c4)N(CC4CCCC4)CCO5)n3)cc2F)CC1. The molecule has 9 heteroatoms. The molecule has 1 aliphatic carbocycles. The van der Waals surface area contributed by atoms with Crippen molar-refractivity contribution in [2.24, 2.45) is 5.92 Å². The Hall–Kier alpha value is -3.33. The molecule has 0 unspecified atom stereocenters. The highest BCUT2D eigenvalue weighted by Crippen LogP contribution is 2.40. The van der Waals surface area contributed by atoms with E-state index in [4.69, 9.17) is 4.74 Å². The minimum absolute atomic E-state index is 0.0241. The highest BCUT2D eigenvalue weighted by molar-refractivity contribution is 5.73. The highest BCUT2D eigenvalue weighted by Gasteiger charge is 2.27. The number of piperidine rings is 1.